The van der Waals surface area contributed by atoms with Gasteiger partial charge in [-0.15, -0.1) is 0 Å². The molecule has 0 spiro atoms. The summed E-state index contributed by atoms with van der Waals surface area (Å²) in [4.78, 5) is 0. The van der Waals surface area contributed by atoms with Crippen LogP contribution in [0.4, 0.5) is 26.3 Å². The summed E-state index contributed by atoms with van der Waals surface area (Å²) in [6.45, 7) is 0. The van der Waals surface area contributed by atoms with Crippen molar-refractivity contribution in [1.29, 1.82) is 0 Å². The van der Waals surface area contributed by atoms with Crippen LogP contribution in [0.15, 0.2) is 23.8 Å². The zero-order valence-corrected chi connectivity index (χ0v) is 8.08. The van der Waals surface area contributed by atoms with Crippen molar-refractivity contribution in [3.05, 3.63) is 23.8 Å². The standard InChI is InChI=1S/C10H5F6N/c11-5-6(12)10(16)8(14)4-2-1-3(17-4)7(8,13)9(5,10)15/h1-4,17H. The average Bonchev–Trinajstić information content (AvgIpc) is 2.88. The van der Waals surface area contributed by atoms with Crippen molar-refractivity contribution in [2.75, 3.05) is 0 Å². The van der Waals surface area contributed by atoms with E-state index < -0.39 is 46.4 Å². The van der Waals surface area contributed by atoms with E-state index in [1.54, 1.807) is 0 Å². The third-order valence-corrected chi connectivity index (χ3v) is 4.52. The van der Waals surface area contributed by atoms with Crippen LogP contribution in [0.1, 0.15) is 0 Å². The molecule has 1 nitrogen and oxygen atoms in total. The maximum absolute atomic E-state index is 14.4. The summed E-state index contributed by atoms with van der Waals surface area (Å²) < 4.78 is 82.9. The summed E-state index contributed by atoms with van der Waals surface area (Å²) in [5.41, 5.74) is -14.5. The Balaban J connectivity index is 2.04. The highest BCUT2D eigenvalue weighted by atomic mass is 19.2. The van der Waals surface area contributed by atoms with E-state index in [1.807, 2.05) is 0 Å². The zero-order valence-electron chi connectivity index (χ0n) is 8.08. The Hall–Kier alpha value is -0.980. The Morgan fingerprint density at radius 1 is 0.824 bits per heavy atom. The van der Waals surface area contributed by atoms with E-state index in [9.17, 15) is 26.3 Å². The molecule has 4 rings (SSSR count). The Morgan fingerprint density at radius 2 is 1.18 bits per heavy atom. The van der Waals surface area contributed by atoms with Crippen molar-refractivity contribution in [1.82, 2.24) is 5.32 Å². The highest BCUT2D eigenvalue weighted by molar-refractivity contribution is 5.67. The Bertz CT molecular complexity index is 487. The fraction of sp³-hybridized carbons (Fsp3) is 0.600. The van der Waals surface area contributed by atoms with Crippen molar-refractivity contribution in [3.63, 3.8) is 0 Å². The van der Waals surface area contributed by atoms with E-state index in [4.69, 9.17) is 0 Å². The molecule has 6 atom stereocenters. The van der Waals surface area contributed by atoms with Gasteiger partial charge in [-0.05, 0) is 0 Å². The molecule has 7 heteroatoms. The van der Waals surface area contributed by atoms with Crippen LogP contribution in [0.2, 0.25) is 0 Å². The van der Waals surface area contributed by atoms with E-state index in [0.29, 0.717) is 0 Å². The molecule has 0 aromatic carbocycles. The molecule has 2 bridgehead atoms. The molecule has 2 aliphatic heterocycles. The Kier molecular flexibility index (Phi) is 1.20. The predicted octanol–water partition coefficient (Wildman–Crippen LogP) is 1.91. The number of rotatable bonds is 0. The predicted molar refractivity (Wildman–Crippen MR) is 44.4 cm³/mol. The lowest BCUT2D eigenvalue weighted by Gasteiger charge is -2.69. The molecule has 0 aromatic heterocycles. The van der Waals surface area contributed by atoms with Crippen LogP contribution in [0.25, 0.3) is 0 Å². The van der Waals surface area contributed by atoms with E-state index in [0.717, 1.165) is 12.2 Å². The van der Waals surface area contributed by atoms with Gasteiger partial charge in [0.05, 0.1) is 12.1 Å². The highest BCUT2D eigenvalue weighted by Crippen LogP contribution is 2.81. The smallest absolute Gasteiger partial charge is 0.247 e. The minimum Gasteiger partial charge on any atom is -0.298 e. The van der Waals surface area contributed by atoms with Crippen LogP contribution in [0.3, 0.4) is 0 Å². The van der Waals surface area contributed by atoms with Crippen molar-refractivity contribution < 1.29 is 26.3 Å². The van der Waals surface area contributed by atoms with Gasteiger partial charge in [0.25, 0.3) is 0 Å². The van der Waals surface area contributed by atoms with Crippen LogP contribution < -0.4 is 5.32 Å². The first kappa shape index (κ1) is 9.99. The lowest BCUT2D eigenvalue weighted by Crippen LogP contribution is -2.95. The van der Waals surface area contributed by atoms with Crippen LogP contribution >= 0.6 is 0 Å². The van der Waals surface area contributed by atoms with Crippen molar-refractivity contribution in [3.8, 4) is 0 Å². The molecule has 92 valence electrons. The van der Waals surface area contributed by atoms with Crippen LogP contribution in [-0.4, -0.2) is 34.8 Å². The number of hydrogen-bond donors (Lipinski definition) is 1. The minimum absolute atomic E-state index is 1.10. The number of alkyl halides is 4. The van der Waals surface area contributed by atoms with E-state index >= 15 is 0 Å². The third kappa shape index (κ3) is 0.491. The monoisotopic (exact) mass is 253 g/mol. The number of nitrogens with one attached hydrogen (secondary N) is 1. The maximum atomic E-state index is 14.4. The zero-order chi connectivity index (χ0) is 12.4. The molecule has 0 aromatic rings. The van der Waals surface area contributed by atoms with E-state index in [-0.39, 0.29) is 0 Å². The van der Waals surface area contributed by atoms with Gasteiger partial charge < -0.3 is 0 Å². The molecule has 4 aliphatic rings. The van der Waals surface area contributed by atoms with Gasteiger partial charge in [-0.2, -0.15) is 0 Å². The molecule has 17 heavy (non-hydrogen) atoms. The van der Waals surface area contributed by atoms with Gasteiger partial charge >= 0.3 is 0 Å². The molecule has 2 fully saturated rings. The molecule has 0 amide bonds. The molecule has 1 saturated carbocycles. The summed E-state index contributed by atoms with van der Waals surface area (Å²) in [6, 6.07) is -2.96. The molecular weight excluding hydrogens is 248 g/mol. The summed E-state index contributed by atoms with van der Waals surface area (Å²) in [5, 5.41) is 2.26. The topological polar surface area (TPSA) is 12.0 Å². The fourth-order valence-corrected chi connectivity index (χ4v) is 3.70. The summed E-state index contributed by atoms with van der Waals surface area (Å²) in [6.07, 6.45) is 2.21. The minimum atomic E-state index is -3.85. The summed E-state index contributed by atoms with van der Waals surface area (Å²) >= 11 is 0. The molecule has 2 aliphatic carbocycles. The summed E-state index contributed by atoms with van der Waals surface area (Å²) in [5.74, 6) is -4.34. The second kappa shape index (κ2) is 2.04. The largest absolute Gasteiger partial charge is 0.298 e. The van der Waals surface area contributed by atoms with Gasteiger partial charge in [0.2, 0.25) is 22.7 Å². The maximum Gasteiger partial charge on any atom is 0.247 e. The van der Waals surface area contributed by atoms with Crippen molar-refractivity contribution in [2.24, 2.45) is 0 Å². The first-order valence-electron chi connectivity index (χ1n) is 5.04. The number of fused-ring (bicyclic) bond motifs is 8. The highest BCUT2D eigenvalue weighted by Gasteiger charge is 3.06. The average molecular weight is 253 g/mol. The Labute approximate surface area is 91.2 Å². The second-order valence-corrected chi connectivity index (χ2v) is 4.88. The second-order valence-electron chi connectivity index (χ2n) is 4.88. The van der Waals surface area contributed by atoms with Gasteiger partial charge in [0.15, 0.2) is 11.7 Å². The first-order valence-corrected chi connectivity index (χ1v) is 5.04. The Morgan fingerprint density at radius 3 is 1.53 bits per heavy atom. The molecule has 1 N–H and O–H groups in total. The lowest BCUT2D eigenvalue weighted by molar-refractivity contribution is -0.341. The van der Waals surface area contributed by atoms with Crippen LogP contribution in [0, 0.1) is 0 Å². The van der Waals surface area contributed by atoms with Crippen LogP contribution in [-0.2, 0) is 0 Å². The number of hydrogen-bond acceptors (Lipinski definition) is 1. The summed E-state index contributed by atoms with van der Waals surface area (Å²) in [7, 11) is 0. The van der Waals surface area contributed by atoms with Gasteiger partial charge in [0, 0.05) is 0 Å². The fourth-order valence-electron chi connectivity index (χ4n) is 3.70. The molecule has 0 radical (unpaired) electrons. The molecular formula is C10H5F6N. The van der Waals surface area contributed by atoms with Gasteiger partial charge in [-0.1, -0.05) is 12.2 Å². The van der Waals surface area contributed by atoms with E-state index in [2.05, 4.69) is 5.32 Å². The number of allylic oxidation sites excluding steroid dienone is 2. The first-order chi connectivity index (χ1) is 7.78. The van der Waals surface area contributed by atoms with Crippen LogP contribution in [0.5, 0.6) is 0 Å². The molecule has 1 saturated heterocycles. The van der Waals surface area contributed by atoms with Crippen molar-refractivity contribution in [2.45, 2.75) is 34.8 Å². The number of halogens is 6. The van der Waals surface area contributed by atoms with E-state index in [1.165, 1.54) is 0 Å². The third-order valence-electron chi connectivity index (χ3n) is 4.52. The SMILES string of the molecule is FC1=C(F)C2(F)C1(F)C1(F)C3C=CC(N3)C21F. The molecule has 2 heterocycles. The normalized spacial score (nSPS) is 66.5. The molecule has 6 unspecified atom stereocenters. The quantitative estimate of drug-likeness (QED) is 0.513. The van der Waals surface area contributed by atoms with Gasteiger partial charge in [-0.3, -0.25) is 5.32 Å². The lowest BCUT2D eigenvalue weighted by atomic mass is 9.39. The van der Waals surface area contributed by atoms with Crippen molar-refractivity contribution >= 4 is 0 Å². The van der Waals surface area contributed by atoms with Gasteiger partial charge in [0.1, 0.15) is 0 Å². The van der Waals surface area contributed by atoms with Gasteiger partial charge in [-0.25, -0.2) is 26.3 Å².